The smallest absolute Gasteiger partial charge is 0.258 e. The van der Waals surface area contributed by atoms with Gasteiger partial charge in [0.05, 0.1) is 16.8 Å². The fourth-order valence-electron chi connectivity index (χ4n) is 2.87. The molecule has 8 heteroatoms. The summed E-state index contributed by atoms with van der Waals surface area (Å²) in [6, 6.07) is 18.1. The third-order valence-electron chi connectivity index (χ3n) is 4.35. The van der Waals surface area contributed by atoms with Crippen LogP contribution in [-0.2, 0) is 0 Å². The molecule has 0 unspecified atom stereocenters. The first-order valence-electron chi connectivity index (χ1n) is 9.44. The lowest BCUT2D eigenvalue weighted by Gasteiger charge is -2.12. The third-order valence-corrected chi connectivity index (χ3v) is 4.35. The summed E-state index contributed by atoms with van der Waals surface area (Å²) in [6.07, 6.45) is 3.19. The van der Waals surface area contributed by atoms with Crippen LogP contribution in [0.25, 0.3) is 11.3 Å². The van der Waals surface area contributed by atoms with Gasteiger partial charge in [0, 0.05) is 25.1 Å². The second-order valence-corrected chi connectivity index (χ2v) is 6.44. The number of para-hydroxylation sites is 1. The van der Waals surface area contributed by atoms with Crippen LogP contribution in [0.1, 0.15) is 10.4 Å². The van der Waals surface area contributed by atoms with Crippen molar-refractivity contribution in [3.63, 3.8) is 0 Å². The molecule has 2 aromatic heterocycles. The van der Waals surface area contributed by atoms with Gasteiger partial charge in [-0.1, -0.05) is 18.2 Å². The first-order valence-corrected chi connectivity index (χ1v) is 9.44. The van der Waals surface area contributed by atoms with E-state index in [4.69, 9.17) is 4.74 Å². The van der Waals surface area contributed by atoms with E-state index in [0.717, 1.165) is 0 Å². The van der Waals surface area contributed by atoms with Crippen molar-refractivity contribution in [2.45, 2.75) is 0 Å². The second kappa shape index (κ2) is 9.00. The molecular formula is C23H18FN5O2. The lowest BCUT2D eigenvalue weighted by Crippen LogP contribution is -2.13. The molecule has 7 nitrogen and oxygen atoms in total. The quantitative estimate of drug-likeness (QED) is 0.472. The predicted molar refractivity (Wildman–Crippen MR) is 116 cm³/mol. The highest BCUT2D eigenvalue weighted by Crippen LogP contribution is 2.31. The molecule has 2 heterocycles. The summed E-state index contributed by atoms with van der Waals surface area (Å²) in [6.45, 7) is 0. The lowest BCUT2D eigenvalue weighted by atomic mass is 10.1. The van der Waals surface area contributed by atoms with E-state index < -0.39 is 11.7 Å². The molecule has 31 heavy (non-hydrogen) atoms. The molecule has 0 radical (unpaired) electrons. The second-order valence-electron chi connectivity index (χ2n) is 6.44. The Morgan fingerprint density at radius 1 is 0.968 bits per heavy atom. The molecule has 154 valence electrons. The van der Waals surface area contributed by atoms with Gasteiger partial charge in [-0.15, -0.1) is 0 Å². The van der Waals surface area contributed by atoms with E-state index in [9.17, 15) is 9.18 Å². The first-order chi connectivity index (χ1) is 15.1. The van der Waals surface area contributed by atoms with E-state index >= 15 is 0 Å². The van der Waals surface area contributed by atoms with Crippen molar-refractivity contribution < 1.29 is 13.9 Å². The number of hydrogen-bond acceptors (Lipinski definition) is 6. The van der Waals surface area contributed by atoms with E-state index in [1.54, 1.807) is 61.9 Å². The van der Waals surface area contributed by atoms with Crippen molar-refractivity contribution in [3.8, 4) is 22.9 Å². The summed E-state index contributed by atoms with van der Waals surface area (Å²) in [5.41, 5.74) is 1.65. The number of pyridine rings is 1. The number of aromatic nitrogens is 3. The molecule has 0 aliphatic heterocycles. The molecule has 2 N–H and O–H groups in total. The molecule has 1 amide bonds. The van der Waals surface area contributed by atoms with Gasteiger partial charge in [-0.3, -0.25) is 4.79 Å². The van der Waals surface area contributed by atoms with Crippen molar-refractivity contribution >= 4 is 17.5 Å². The summed E-state index contributed by atoms with van der Waals surface area (Å²) < 4.78 is 20.2. The Labute approximate surface area is 178 Å². The fourth-order valence-corrected chi connectivity index (χ4v) is 2.87. The maximum absolute atomic E-state index is 14.3. The number of nitrogens with zero attached hydrogens (tertiary/aromatic N) is 3. The van der Waals surface area contributed by atoms with E-state index in [0.29, 0.717) is 22.9 Å². The van der Waals surface area contributed by atoms with E-state index in [2.05, 4.69) is 25.6 Å². The molecule has 4 aromatic rings. The summed E-state index contributed by atoms with van der Waals surface area (Å²) >= 11 is 0. The van der Waals surface area contributed by atoms with Crippen LogP contribution in [0.2, 0.25) is 0 Å². The van der Waals surface area contributed by atoms with Crippen LogP contribution in [0.5, 0.6) is 11.6 Å². The van der Waals surface area contributed by atoms with E-state index in [-0.39, 0.29) is 17.2 Å². The average molecular weight is 415 g/mol. The first kappa shape index (κ1) is 20.0. The van der Waals surface area contributed by atoms with Crippen molar-refractivity contribution in [3.05, 3.63) is 90.5 Å². The molecule has 0 aliphatic rings. The standard InChI is InChI=1S/C23H18FN5O2/c1-25-23-27-13-11-20(29-23)17-8-5-12-26-22(17)31-16-9-10-19(24)18(14-16)21(30)28-15-6-3-2-4-7-15/h2-14H,1H3,(H,28,30)(H,25,27,29). The number of nitrogens with one attached hydrogen (secondary N) is 2. The molecule has 0 atom stereocenters. The Morgan fingerprint density at radius 3 is 2.61 bits per heavy atom. The molecule has 0 saturated heterocycles. The number of ether oxygens (including phenoxy) is 1. The van der Waals surface area contributed by atoms with Gasteiger partial charge < -0.3 is 15.4 Å². The average Bonchev–Trinajstić information content (AvgIpc) is 2.81. The largest absolute Gasteiger partial charge is 0.438 e. The lowest BCUT2D eigenvalue weighted by molar-refractivity contribution is 0.102. The van der Waals surface area contributed by atoms with Gasteiger partial charge in [-0.25, -0.2) is 19.3 Å². The van der Waals surface area contributed by atoms with Crippen LogP contribution in [0, 0.1) is 5.82 Å². The number of anilines is 2. The highest BCUT2D eigenvalue weighted by molar-refractivity contribution is 6.04. The Morgan fingerprint density at radius 2 is 1.81 bits per heavy atom. The number of rotatable bonds is 6. The predicted octanol–water partition coefficient (Wildman–Crippen LogP) is 4.76. The van der Waals surface area contributed by atoms with E-state index in [1.165, 1.54) is 18.2 Å². The van der Waals surface area contributed by atoms with Crippen LogP contribution in [0.3, 0.4) is 0 Å². The third kappa shape index (κ3) is 4.64. The molecule has 0 spiro atoms. The minimum Gasteiger partial charge on any atom is -0.438 e. The van der Waals surface area contributed by atoms with Crippen molar-refractivity contribution in [2.75, 3.05) is 17.7 Å². The Kier molecular flexibility index (Phi) is 5.79. The van der Waals surface area contributed by atoms with Crippen molar-refractivity contribution in [1.29, 1.82) is 0 Å². The zero-order chi connectivity index (χ0) is 21.6. The van der Waals surface area contributed by atoms with Gasteiger partial charge in [0.15, 0.2) is 0 Å². The molecule has 0 fully saturated rings. The number of halogens is 1. The summed E-state index contributed by atoms with van der Waals surface area (Å²) in [7, 11) is 1.72. The number of hydrogen-bond donors (Lipinski definition) is 2. The summed E-state index contributed by atoms with van der Waals surface area (Å²) in [5, 5.41) is 5.55. The fraction of sp³-hybridized carbons (Fsp3) is 0.0435. The van der Waals surface area contributed by atoms with Crippen LogP contribution in [0.4, 0.5) is 16.0 Å². The van der Waals surface area contributed by atoms with Crippen LogP contribution < -0.4 is 15.4 Å². The van der Waals surface area contributed by atoms with Gasteiger partial charge in [0.25, 0.3) is 5.91 Å². The van der Waals surface area contributed by atoms with Crippen molar-refractivity contribution in [2.24, 2.45) is 0 Å². The van der Waals surface area contributed by atoms with Gasteiger partial charge in [0.2, 0.25) is 11.8 Å². The maximum Gasteiger partial charge on any atom is 0.258 e. The monoisotopic (exact) mass is 415 g/mol. The minimum absolute atomic E-state index is 0.140. The highest BCUT2D eigenvalue weighted by Gasteiger charge is 2.16. The number of benzene rings is 2. The van der Waals surface area contributed by atoms with Crippen LogP contribution >= 0.6 is 0 Å². The number of amides is 1. The zero-order valence-corrected chi connectivity index (χ0v) is 16.5. The number of carbonyl (C=O) groups excluding carboxylic acids is 1. The molecule has 4 rings (SSSR count). The van der Waals surface area contributed by atoms with Crippen LogP contribution in [0.15, 0.2) is 79.1 Å². The van der Waals surface area contributed by atoms with Crippen molar-refractivity contribution in [1.82, 2.24) is 15.0 Å². The molecule has 0 aliphatic carbocycles. The van der Waals surface area contributed by atoms with Gasteiger partial charge in [-0.05, 0) is 48.5 Å². The maximum atomic E-state index is 14.3. The zero-order valence-electron chi connectivity index (χ0n) is 16.5. The van der Waals surface area contributed by atoms with Gasteiger partial charge in [0.1, 0.15) is 11.6 Å². The van der Waals surface area contributed by atoms with Crippen LogP contribution in [-0.4, -0.2) is 27.9 Å². The molecular weight excluding hydrogens is 397 g/mol. The van der Waals surface area contributed by atoms with Gasteiger partial charge in [-0.2, -0.15) is 0 Å². The molecule has 0 saturated carbocycles. The summed E-state index contributed by atoms with van der Waals surface area (Å²) in [4.78, 5) is 25.3. The topological polar surface area (TPSA) is 89.0 Å². The van der Waals surface area contributed by atoms with E-state index in [1.807, 2.05) is 6.07 Å². The molecule has 2 aromatic carbocycles. The number of carbonyl (C=O) groups is 1. The molecule has 0 bridgehead atoms. The SMILES string of the molecule is CNc1nccc(-c2cccnc2Oc2ccc(F)c(C(=O)Nc3ccccc3)c2)n1. The normalized spacial score (nSPS) is 10.4. The highest BCUT2D eigenvalue weighted by atomic mass is 19.1. The Balaban J connectivity index is 1.62. The Bertz CT molecular complexity index is 1220. The Hall–Kier alpha value is -4.33. The van der Waals surface area contributed by atoms with Gasteiger partial charge >= 0.3 is 0 Å². The minimum atomic E-state index is -0.656. The summed E-state index contributed by atoms with van der Waals surface area (Å²) in [5.74, 6) is -0.248.